The van der Waals surface area contributed by atoms with Crippen molar-refractivity contribution in [3.05, 3.63) is 29.3 Å². The Morgan fingerprint density at radius 3 is 3.06 bits per heavy atom. The Bertz CT molecular complexity index is 351. The van der Waals surface area contributed by atoms with E-state index in [2.05, 4.69) is 5.32 Å². The smallest absolute Gasteiger partial charge is 0.125 e. The number of ether oxygens (including phenoxy) is 2. The lowest BCUT2D eigenvalue weighted by molar-refractivity contribution is 0.0267. The average Bonchev–Trinajstić information content (AvgIpc) is 2.38. The first-order valence-electron chi connectivity index (χ1n) is 5.41. The Kier molecular flexibility index (Phi) is 3.74. The van der Waals surface area contributed by atoms with Crippen molar-refractivity contribution in [1.82, 2.24) is 5.32 Å². The molecule has 0 aromatic heterocycles. The van der Waals surface area contributed by atoms with Crippen molar-refractivity contribution in [2.75, 3.05) is 26.8 Å². The van der Waals surface area contributed by atoms with Crippen molar-refractivity contribution in [2.45, 2.75) is 12.8 Å². The molecule has 4 heteroatoms. The second kappa shape index (κ2) is 5.27. The first kappa shape index (κ1) is 11.4. The first-order chi connectivity index (χ1) is 7.86. The molecule has 0 spiro atoms. The van der Waals surface area contributed by atoms with Gasteiger partial charge in [0.25, 0.3) is 0 Å². The minimum absolute atomic E-state index is 0.0744. The lowest BCUT2D eigenvalue weighted by atomic mass is 10.0. The number of morpholine rings is 1. The number of hydrogen-bond donors (Lipinski definition) is 1. The van der Waals surface area contributed by atoms with E-state index in [9.17, 15) is 4.39 Å². The Balaban J connectivity index is 2.30. The van der Waals surface area contributed by atoms with Gasteiger partial charge in [-0.05, 0) is 11.6 Å². The van der Waals surface area contributed by atoms with Crippen LogP contribution in [-0.2, 0) is 11.4 Å². The molecule has 88 valence electrons. The molecule has 3 nitrogen and oxygen atoms in total. The van der Waals surface area contributed by atoms with Gasteiger partial charge in [-0.3, -0.25) is 0 Å². The molecule has 16 heavy (non-hydrogen) atoms. The third kappa shape index (κ3) is 2.18. The van der Waals surface area contributed by atoms with Crippen LogP contribution in [0.1, 0.15) is 17.2 Å². The number of nitrogens with one attached hydrogen (secondary N) is 1. The van der Waals surface area contributed by atoms with Gasteiger partial charge < -0.3 is 14.8 Å². The van der Waals surface area contributed by atoms with Crippen LogP contribution in [0.5, 0.6) is 5.75 Å². The molecule has 1 aliphatic heterocycles. The number of rotatable bonds is 3. The summed E-state index contributed by atoms with van der Waals surface area (Å²) in [6.07, 6.45) is -0.0744. The highest BCUT2D eigenvalue weighted by Crippen LogP contribution is 2.30. The highest BCUT2D eigenvalue weighted by atomic mass is 19.1. The highest BCUT2D eigenvalue weighted by Gasteiger charge is 2.20. The Morgan fingerprint density at radius 1 is 1.56 bits per heavy atom. The molecule has 1 N–H and O–H groups in total. The summed E-state index contributed by atoms with van der Waals surface area (Å²) in [4.78, 5) is 0. The molecule has 1 fully saturated rings. The van der Waals surface area contributed by atoms with Crippen molar-refractivity contribution in [3.63, 3.8) is 0 Å². The Morgan fingerprint density at radius 2 is 2.44 bits per heavy atom. The molecule has 0 amide bonds. The second-order valence-electron chi connectivity index (χ2n) is 3.73. The summed E-state index contributed by atoms with van der Waals surface area (Å²) < 4.78 is 23.8. The molecule has 0 saturated carbocycles. The van der Waals surface area contributed by atoms with Gasteiger partial charge in [0, 0.05) is 18.7 Å². The fourth-order valence-electron chi connectivity index (χ4n) is 1.98. The first-order valence-corrected chi connectivity index (χ1v) is 5.41. The monoisotopic (exact) mass is 225 g/mol. The number of hydrogen-bond acceptors (Lipinski definition) is 3. The fourth-order valence-corrected chi connectivity index (χ4v) is 1.98. The standard InChI is InChI=1S/C12H16FNO2/c1-15-11-4-2-3-9(10(11)7-13)12-8-14-5-6-16-12/h2-4,12,14H,5-8H2,1H3. The van der Waals surface area contributed by atoms with E-state index < -0.39 is 6.67 Å². The zero-order chi connectivity index (χ0) is 11.4. The van der Waals surface area contributed by atoms with E-state index in [0.29, 0.717) is 17.9 Å². The van der Waals surface area contributed by atoms with Gasteiger partial charge in [-0.2, -0.15) is 0 Å². The van der Waals surface area contributed by atoms with E-state index in [-0.39, 0.29) is 6.10 Å². The molecular weight excluding hydrogens is 209 g/mol. The average molecular weight is 225 g/mol. The summed E-state index contributed by atoms with van der Waals surface area (Å²) in [5.74, 6) is 0.592. The summed E-state index contributed by atoms with van der Waals surface area (Å²) in [5.41, 5.74) is 1.48. The van der Waals surface area contributed by atoms with Gasteiger partial charge in [-0.25, -0.2) is 4.39 Å². The van der Waals surface area contributed by atoms with Gasteiger partial charge in [-0.15, -0.1) is 0 Å². The molecule has 1 aliphatic rings. The molecule has 1 heterocycles. The maximum absolute atomic E-state index is 13.0. The van der Waals surface area contributed by atoms with Crippen molar-refractivity contribution < 1.29 is 13.9 Å². The van der Waals surface area contributed by atoms with Crippen LogP contribution in [-0.4, -0.2) is 26.8 Å². The zero-order valence-electron chi connectivity index (χ0n) is 9.33. The van der Waals surface area contributed by atoms with Crippen LogP contribution in [0.25, 0.3) is 0 Å². The van der Waals surface area contributed by atoms with Crippen molar-refractivity contribution in [3.8, 4) is 5.75 Å². The normalized spacial score (nSPS) is 20.8. The number of alkyl halides is 1. The van der Waals surface area contributed by atoms with Gasteiger partial charge in [0.1, 0.15) is 12.4 Å². The van der Waals surface area contributed by atoms with E-state index >= 15 is 0 Å². The van der Waals surface area contributed by atoms with Crippen LogP contribution < -0.4 is 10.1 Å². The van der Waals surface area contributed by atoms with Gasteiger partial charge in [-0.1, -0.05) is 12.1 Å². The molecule has 1 aromatic rings. The lowest BCUT2D eigenvalue weighted by Gasteiger charge is -2.26. The van der Waals surface area contributed by atoms with Gasteiger partial charge >= 0.3 is 0 Å². The van der Waals surface area contributed by atoms with Crippen LogP contribution in [0.2, 0.25) is 0 Å². The molecule has 1 aromatic carbocycles. The van der Waals surface area contributed by atoms with E-state index in [1.54, 1.807) is 13.2 Å². The van der Waals surface area contributed by atoms with Gasteiger partial charge in [0.2, 0.25) is 0 Å². The number of halogens is 1. The molecular formula is C12H16FNO2. The molecule has 0 bridgehead atoms. The number of benzene rings is 1. The van der Waals surface area contributed by atoms with E-state index in [0.717, 1.165) is 18.7 Å². The Hall–Kier alpha value is -1.13. The van der Waals surface area contributed by atoms with E-state index in [1.807, 2.05) is 12.1 Å². The summed E-state index contributed by atoms with van der Waals surface area (Å²) in [5, 5.41) is 3.23. The molecule has 2 rings (SSSR count). The fraction of sp³-hybridized carbons (Fsp3) is 0.500. The minimum Gasteiger partial charge on any atom is -0.496 e. The third-order valence-electron chi connectivity index (χ3n) is 2.80. The summed E-state index contributed by atoms with van der Waals surface area (Å²) in [6.45, 7) is 1.71. The van der Waals surface area contributed by atoms with Crippen molar-refractivity contribution >= 4 is 0 Å². The highest BCUT2D eigenvalue weighted by molar-refractivity contribution is 5.41. The largest absolute Gasteiger partial charge is 0.496 e. The minimum atomic E-state index is -0.529. The third-order valence-corrected chi connectivity index (χ3v) is 2.80. The predicted octanol–water partition coefficient (Wildman–Crippen LogP) is 1.83. The molecule has 1 saturated heterocycles. The zero-order valence-corrected chi connectivity index (χ0v) is 9.33. The van der Waals surface area contributed by atoms with E-state index in [4.69, 9.17) is 9.47 Å². The summed E-state index contributed by atoms with van der Waals surface area (Å²) >= 11 is 0. The maximum atomic E-state index is 13.0. The van der Waals surface area contributed by atoms with Crippen LogP contribution in [0, 0.1) is 0 Å². The van der Waals surface area contributed by atoms with Gasteiger partial charge in [0.15, 0.2) is 0 Å². The topological polar surface area (TPSA) is 30.5 Å². The van der Waals surface area contributed by atoms with Crippen LogP contribution >= 0.6 is 0 Å². The van der Waals surface area contributed by atoms with Crippen molar-refractivity contribution in [2.24, 2.45) is 0 Å². The van der Waals surface area contributed by atoms with E-state index in [1.165, 1.54) is 0 Å². The Labute approximate surface area is 94.6 Å². The van der Waals surface area contributed by atoms with Crippen LogP contribution in [0.4, 0.5) is 4.39 Å². The lowest BCUT2D eigenvalue weighted by Crippen LogP contribution is -2.33. The summed E-state index contributed by atoms with van der Waals surface area (Å²) in [6, 6.07) is 5.54. The molecule has 0 aliphatic carbocycles. The number of methoxy groups -OCH3 is 1. The van der Waals surface area contributed by atoms with Crippen LogP contribution in [0.3, 0.4) is 0 Å². The predicted molar refractivity (Wildman–Crippen MR) is 59.4 cm³/mol. The van der Waals surface area contributed by atoms with Crippen LogP contribution in [0.15, 0.2) is 18.2 Å². The summed E-state index contributed by atoms with van der Waals surface area (Å²) in [7, 11) is 1.55. The quantitative estimate of drug-likeness (QED) is 0.851. The molecule has 0 radical (unpaired) electrons. The molecule has 1 atom stereocenters. The van der Waals surface area contributed by atoms with Gasteiger partial charge in [0.05, 0.1) is 19.8 Å². The maximum Gasteiger partial charge on any atom is 0.125 e. The van der Waals surface area contributed by atoms with Crippen molar-refractivity contribution in [1.29, 1.82) is 0 Å². The second-order valence-corrected chi connectivity index (χ2v) is 3.73. The SMILES string of the molecule is COc1cccc(C2CNCCO2)c1CF. The molecule has 1 unspecified atom stereocenters.